The third-order valence-corrected chi connectivity index (χ3v) is 3.03. The molecule has 0 fully saturated rings. The average Bonchev–Trinajstić information content (AvgIpc) is 2.67. The van der Waals surface area contributed by atoms with E-state index in [1.165, 1.54) is 0 Å². The van der Waals surface area contributed by atoms with Crippen LogP contribution in [-0.4, -0.2) is 17.4 Å². The van der Waals surface area contributed by atoms with Crippen LogP contribution in [0.4, 0.5) is 0 Å². The van der Waals surface area contributed by atoms with Gasteiger partial charge in [-0.25, -0.2) is 0 Å². The molecule has 1 aromatic carbocycles. The summed E-state index contributed by atoms with van der Waals surface area (Å²) in [6.45, 7) is 6.29. The van der Waals surface area contributed by atoms with E-state index >= 15 is 0 Å². The molecule has 1 heterocycles. The molecule has 0 saturated carbocycles. The van der Waals surface area contributed by atoms with Crippen LogP contribution >= 0.6 is 0 Å². The predicted molar refractivity (Wildman–Crippen MR) is 74.6 cm³/mol. The summed E-state index contributed by atoms with van der Waals surface area (Å²) in [6, 6.07) is 8.06. The molecule has 0 aliphatic carbocycles. The van der Waals surface area contributed by atoms with Crippen molar-refractivity contribution >= 4 is 16.8 Å². The van der Waals surface area contributed by atoms with E-state index in [9.17, 15) is 4.79 Å². The van der Waals surface area contributed by atoms with Crippen LogP contribution in [0.3, 0.4) is 0 Å². The molecule has 0 radical (unpaired) electrons. The lowest BCUT2D eigenvalue weighted by Crippen LogP contribution is -2.25. The Morgan fingerprint density at radius 1 is 1.44 bits per heavy atom. The van der Waals surface area contributed by atoms with E-state index < -0.39 is 0 Å². The molecule has 3 heteroatoms. The second-order valence-electron chi connectivity index (χ2n) is 4.38. The Morgan fingerprint density at radius 2 is 2.22 bits per heavy atom. The Morgan fingerprint density at radius 3 is 3.00 bits per heavy atom. The summed E-state index contributed by atoms with van der Waals surface area (Å²) in [5.41, 5.74) is 3.24. The average molecular weight is 242 g/mol. The summed E-state index contributed by atoms with van der Waals surface area (Å²) < 4.78 is 0. The van der Waals surface area contributed by atoms with Crippen molar-refractivity contribution in [3.05, 3.63) is 48.2 Å². The van der Waals surface area contributed by atoms with Gasteiger partial charge in [-0.15, -0.1) is 6.58 Å². The first-order chi connectivity index (χ1) is 8.72. The van der Waals surface area contributed by atoms with Crippen LogP contribution in [0.2, 0.25) is 0 Å². The van der Waals surface area contributed by atoms with Crippen molar-refractivity contribution in [1.29, 1.82) is 0 Å². The highest BCUT2D eigenvalue weighted by molar-refractivity contribution is 5.90. The van der Waals surface area contributed by atoms with Crippen LogP contribution in [0.25, 0.3) is 10.9 Å². The largest absolute Gasteiger partial charge is 0.358 e. The van der Waals surface area contributed by atoms with E-state index in [0.29, 0.717) is 13.0 Å². The third-order valence-electron chi connectivity index (χ3n) is 3.03. The van der Waals surface area contributed by atoms with Gasteiger partial charge in [0.25, 0.3) is 0 Å². The molecule has 3 nitrogen and oxygen atoms in total. The summed E-state index contributed by atoms with van der Waals surface area (Å²) in [6.07, 6.45) is 3.03. The topological polar surface area (TPSA) is 44.9 Å². The van der Waals surface area contributed by atoms with E-state index in [4.69, 9.17) is 0 Å². The van der Waals surface area contributed by atoms with Crippen LogP contribution in [-0.2, 0) is 11.2 Å². The minimum atomic E-state index is 0.0599. The number of para-hydroxylation sites is 1. The molecule has 94 valence electrons. The lowest BCUT2D eigenvalue weighted by molar-refractivity contribution is -0.120. The fraction of sp³-hybridized carbons (Fsp3) is 0.267. The van der Waals surface area contributed by atoms with Gasteiger partial charge in [-0.1, -0.05) is 24.3 Å². The van der Waals surface area contributed by atoms with E-state index in [1.807, 2.05) is 31.2 Å². The lowest BCUT2D eigenvalue weighted by atomic mass is 10.1. The van der Waals surface area contributed by atoms with Crippen molar-refractivity contribution in [2.24, 2.45) is 0 Å². The molecule has 0 spiro atoms. The Labute approximate surface area is 107 Å². The van der Waals surface area contributed by atoms with E-state index in [1.54, 1.807) is 6.08 Å². The Hall–Kier alpha value is -2.03. The second kappa shape index (κ2) is 5.54. The normalized spacial score (nSPS) is 10.5. The SMILES string of the molecule is C=CCCNC(=O)Cc1c(C)[nH]c2ccccc12. The highest BCUT2D eigenvalue weighted by atomic mass is 16.1. The number of aromatic amines is 1. The Bertz CT molecular complexity index is 569. The number of fused-ring (bicyclic) bond motifs is 1. The third kappa shape index (κ3) is 2.62. The summed E-state index contributed by atoms with van der Waals surface area (Å²) >= 11 is 0. The van der Waals surface area contributed by atoms with Gasteiger partial charge in [0.1, 0.15) is 0 Å². The van der Waals surface area contributed by atoms with E-state index in [0.717, 1.165) is 28.6 Å². The number of aryl methyl sites for hydroxylation is 1. The molecule has 2 aromatic rings. The molecule has 18 heavy (non-hydrogen) atoms. The summed E-state index contributed by atoms with van der Waals surface area (Å²) in [4.78, 5) is 15.1. The van der Waals surface area contributed by atoms with Crippen molar-refractivity contribution in [1.82, 2.24) is 10.3 Å². The minimum Gasteiger partial charge on any atom is -0.358 e. The number of aromatic nitrogens is 1. The Kier molecular flexibility index (Phi) is 3.82. The molecule has 1 amide bonds. The van der Waals surface area contributed by atoms with Gasteiger partial charge in [-0.3, -0.25) is 4.79 Å². The fourth-order valence-corrected chi connectivity index (χ4v) is 2.10. The van der Waals surface area contributed by atoms with Crippen LogP contribution in [0, 0.1) is 6.92 Å². The van der Waals surface area contributed by atoms with Crippen molar-refractivity contribution in [3.8, 4) is 0 Å². The van der Waals surface area contributed by atoms with Crippen LogP contribution in [0.1, 0.15) is 17.7 Å². The van der Waals surface area contributed by atoms with Gasteiger partial charge in [0, 0.05) is 23.1 Å². The molecule has 0 unspecified atom stereocenters. The van der Waals surface area contributed by atoms with Crippen LogP contribution in [0.5, 0.6) is 0 Å². The molecule has 2 N–H and O–H groups in total. The number of rotatable bonds is 5. The molecular weight excluding hydrogens is 224 g/mol. The predicted octanol–water partition coefficient (Wildman–Crippen LogP) is 2.71. The maximum Gasteiger partial charge on any atom is 0.224 e. The number of carbonyl (C=O) groups excluding carboxylic acids is 1. The first-order valence-corrected chi connectivity index (χ1v) is 6.16. The number of hydrogen-bond donors (Lipinski definition) is 2. The van der Waals surface area contributed by atoms with Crippen molar-refractivity contribution in [3.63, 3.8) is 0 Å². The smallest absolute Gasteiger partial charge is 0.224 e. The van der Waals surface area contributed by atoms with E-state index in [-0.39, 0.29) is 5.91 Å². The molecule has 0 aliphatic rings. The maximum atomic E-state index is 11.8. The van der Waals surface area contributed by atoms with Crippen molar-refractivity contribution < 1.29 is 4.79 Å². The van der Waals surface area contributed by atoms with Gasteiger partial charge in [0.15, 0.2) is 0 Å². The summed E-state index contributed by atoms with van der Waals surface area (Å²) in [5, 5.41) is 4.02. The van der Waals surface area contributed by atoms with E-state index in [2.05, 4.69) is 16.9 Å². The number of nitrogens with one attached hydrogen (secondary N) is 2. The highest BCUT2D eigenvalue weighted by Gasteiger charge is 2.11. The number of amides is 1. The molecule has 1 aromatic heterocycles. The summed E-state index contributed by atoms with van der Waals surface area (Å²) in [5.74, 6) is 0.0599. The number of benzene rings is 1. The zero-order valence-corrected chi connectivity index (χ0v) is 10.6. The van der Waals surface area contributed by atoms with Gasteiger partial charge in [-0.05, 0) is 25.0 Å². The van der Waals surface area contributed by atoms with Crippen LogP contribution in [0.15, 0.2) is 36.9 Å². The first kappa shape index (κ1) is 12.4. The zero-order chi connectivity index (χ0) is 13.0. The molecular formula is C15H18N2O. The number of H-pyrrole nitrogens is 1. The van der Waals surface area contributed by atoms with Gasteiger partial charge in [-0.2, -0.15) is 0 Å². The fourth-order valence-electron chi connectivity index (χ4n) is 2.10. The Balaban J connectivity index is 2.13. The van der Waals surface area contributed by atoms with Gasteiger partial charge in [0.05, 0.1) is 6.42 Å². The highest BCUT2D eigenvalue weighted by Crippen LogP contribution is 2.22. The zero-order valence-electron chi connectivity index (χ0n) is 10.6. The summed E-state index contributed by atoms with van der Waals surface area (Å²) in [7, 11) is 0. The lowest BCUT2D eigenvalue weighted by Gasteiger charge is -2.04. The standard InChI is InChI=1S/C15H18N2O/c1-3-4-9-16-15(18)10-13-11(2)17-14-8-6-5-7-12(13)14/h3,5-8,17H,1,4,9-10H2,2H3,(H,16,18). The quantitative estimate of drug-likeness (QED) is 0.614. The molecule has 0 saturated heterocycles. The molecule has 0 aliphatic heterocycles. The van der Waals surface area contributed by atoms with Crippen LogP contribution < -0.4 is 5.32 Å². The van der Waals surface area contributed by atoms with Gasteiger partial charge in [0.2, 0.25) is 5.91 Å². The van der Waals surface area contributed by atoms with Gasteiger partial charge >= 0.3 is 0 Å². The molecule has 0 bridgehead atoms. The molecule has 0 atom stereocenters. The number of carbonyl (C=O) groups is 1. The monoisotopic (exact) mass is 242 g/mol. The number of hydrogen-bond acceptors (Lipinski definition) is 1. The van der Waals surface area contributed by atoms with Crippen molar-refractivity contribution in [2.75, 3.05) is 6.54 Å². The van der Waals surface area contributed by atoms with Crippen molar-refractivity contribution in [2.45, 2.75) is 19.8 Å². The van der Waals surface area contributed by atoms with Gasteiger partial charge < -0.3 is 10.3 Å². The minimum absolute atomic E-state index is 0.0599. The maximum absolute atomic E-state index is 11.8. The second-order valence-corrected chi connectivity index (χ2v) is 4.38. The molecule has 2 rings (SSSR count). The first-order valence-electron chi connectivity index (χ1n) is 6.16.